The van der Waals surface area contributed by atoms with E-state index in [2.05, 4.69) is 108 Å². The van der Waals surface area contributed by atoms with Crippen molar-refractivity contribution in [1.29, 1.82) is 0 Å². The molecule has 0 bridgehead atoms. The molecule has 4 heterocycles. The zero-order chi connectivity index (χ0) is 30.5. The number of fused-ring (bicyclic) bond motifs is 5. The van der Waals surface area contributed by atoms with Crippen LogP contribution in [0, 0.1) is 0 Å². The number of rotatable bonds is 4. The van der Waals surface area contributed by atoms with Gasteiger partial charge in [-0.15, -0.1) is 0 Å². The lowest BCUT2D eigenvalue weighted by Crippen LogP contribution is -1.96. The minimum absolute atomic E-state index is 0.677. The minimum Gasteiger partial charge on any atom is -0.255 e. The van der Waals surface area contributed by atoms with Crippen molar-refractivity contribution in [3.8, 4) is 45.3 Å². The molecule has 0 spiro atoms. The second-order valence-corrected chi connectivity index (χ2v) is 11.4. The molecule has 9 rings (SSSR count). The Kier molecular flexibility index (Phi) is 6.06. The molecule has 0 atom stereocenters. The summed E-state index contributed by atoms with van der Waals surface area (Å²) in [7, 11) is 0. The van der Waals surface area contributed by atoms with Crippen LogP contribution >= 0.6 is 0 Å². The molecule has 9 aromatic rings. The topological polar surface area (TPSA) is 64.5 Å². The van der Waals surface area contributed by atoms with Crippen molar-refractivity contribution in [2.24, 2.45) is 0 Å². The molecule has 0 saturated heterocycles. The van der Waals surface area contributed by atoms with Gasteiger partial charge in [-0.2, -0.15) is 0 Å². The zero-order valence-corrected chi connectivity index (χ0v) is 24.7. The van der Waals surface area contributed by atoms with E-state index in [1.165, 1.54) is 10.8 Å². The summed E-state index contributed by atoms with van der Waals surface area (Å²) in [4.78, 5) is 24.9. The fourth-order valence-corrected chi connectivity index (χ4v) is 6.17. The van der Waals surface area contributed by atoms with Gasteiger partial charge in [-0.3, -0.25) is 4.98 Å². The quantitative estimate of drug-likeness (QED) is 0.192. The van der Waals surface area contributed by atoms with Gasteiger partial charge in [0.1, 0.15) is 0 Å². The zero-order valence-electron chi connectivity index (χ0n) is 24.7. The largest absolute Gasteiger partial charge is 0.255 e. The summed E-state index contributed by atoms with van der Waals surface area (Å²) in [5, 5.41) is 5.49. The predicted octanol–water partition coefficient (Wildman–Crippen LogP) is 9.94. The standard InChI is InChI=1S/C41H25N5/c1-2-9-29-24-31(18-15-26(29)8-1)38-33-12-3-4-13-35(33)45-41(46-38)32-11-7-10-30(25-32)34-21-19-27-16-17-28-20-22-37(36-14-5-6-23-42-36)44-40(28)39(27)43-34/h1-25H. The highest BCUT2D eigenvalue weighted by Crippen LogP contribution is 2.33. The Labute approximate surface area is 264 Å². The van der Waals surface area contributed by atoms with E-state index in [1.54, 1.807) is 6.20 Å². The van der Waals surface area contributed by atoms with Crippen LogP contribution in [0.2, 0.25) is 0 Å². The van der Waals surface area contributed by atoms with Gasteiger partial charge < -0.3 is 0 Å². The van der Waals surface area contributed by atoms with Crippen LogP contribution in [0.4, 0.5) is 0 Å². The van der Waals surface area contributed by atoms with Gasteiger partial charge in [-0.25, -0.2) is 19.9 Å². The molecule has 4 aromatic heterocycles. The normalized spacial score (nSPS) is 11.5. The molecule has 0 radical (unpaired) electrons. The van der Waals surface area contributed by atoms with Crippen molar-refractivity contribution in [3.63, 3.8) is 0 Å². The number of hydrogen-bond donors (Lipinski definition) is 0. The van der Waals surface area contributed by atoms with Crippen LogP contribution in [-0.2, 0) is 0 Å². The Morgan fingerprint density at radius 1 is 0.370 bits per heavy atom. The van der Waals surface area contributed by atoms with Gasteiger partial charge in [-0.05, 0) is 53.2 Å². The van der Waals surface area contributed by atoms with Gasteiger partial charge >= 0.3 is 0 Å². The first-order valence-corrected chi connectivity index (χ1v) is 15.3. The minimum atomic E-state index is 0.677. The molecule has 5 heteroatoms. The van der Waals surface area contributed by atoms with Crippen molar-refractivity contribution in [2.45, 2.75) is 0 Å². The van der Waals surface area contributed by atoms with Crippen LogP contribution in [0.15, 0.2) is 152 Å². The Morgan fingerprint density at radius 2 is 1.07 bits per heavy atom. The first-order valence-electron chi connectivity index (χ1n) is 15.3. The number of nitrogens with zero attached hydrogens (tertiary/aromatic N) is 5. The maximum absolute atomic E-state index is 5.16. The molecule has 5 nitrogen and oxygen atoms in total. The number of hydrogen-bond acceptors (Lipinski definition) is 5. The van der Waals surface area contributed by atoms with Crippen molar-refractivity contribution >= 4 is 43.5 Å². The number of pyridine rings is 3. The van der Waals surface area contributed by atoms with Crippen LogP contribution < -0.4 is 0 Å². The molecule has 0 aliphatic heterocycles. The maximum Gasteiger partial charge on any atom is 0.160 e. The summed E-state index contributed by atoms with van der Waals surface area (Å²) in [6.45, 7) is 0. The average Bonchev–Trinajstić information content (AvgIpc) is 3.14. The van der Waals surface area contributed by atoms with Gasteiger partial charge in [0.25, 0.3) is 0 Å². The molecule has 5 aromatic carbocycles. The third kappa shape index (κ3) is 4.54. The molecule has 0 aliphatic carbocycles. The van der Waals surface area contributed by atoms with Gasteiger partial charge in [0, 0.05) is 39.0 Å². The highest BCUT2D eigenvalue weighted by Gasteiger charge is 2.14. The third-order valence-electron chi connectivity index (χ3n) is 8.49. The second kappa shape index (κ2) is 10.7. The Balaban J connectivity index is 1.17. The van der Waals surface area contributed by atoms with Crippen LogP contribution in [0.1, 0.15) is 0 Å². The first kappa shape index (κ1) is 26.1. The van der Waals surface area contributed by atoms with Crippen molar-refractivity contribution in [2.75, 3.05) is 0 Å². The van der Waals surface area contributed by atoms with Gasteiger partial charge in [-0.1, -0.05) is 103 Å². The van der Waals surface area contributed by atoms with E-state index >= 15 is 0 Å². The first-order chi connectivity index (χ1) is 22.8. The summed E-state index contributed by atoms with van der Waals surface area (Å²) < 4.78 is 0. The van der Waals surface area contributed by atoms with E-state index in [0.717, 1.165) is 72.2 Å². The summed E-state index contributed by atoms with van der Waals surface area (Å²) in [5.74, 6) is 0.677. The fraction of sp³-hybridized carbons (Fsp3) is 0. The molecule has 214 valence electrons. The Morgan fingerprint density at radius 3 is 1.91 bits per heavy atom. The Bertz CT molecular complexity index is 2600. The summed E-state index contributed by atoms with van der Waals surface area (Å²) in [6, 6.07) is 49.8. The fourth-order valence-electron chi connectivity index (χ4n) is 6.17. The summed E-state index contributed by atoms with van der Waals surface area (Å²) in [5.41, 5.74) is 9.05. The molecule has 0 fully saturated rings. The lowest BCUT2D eigenvalue weighted by Gasteiger charge is -2.11. The molecule has 0 saturated carbocycles. The number of aromatic nitrogens is 5. The van der Waals surface area contributed by atoms with Crippen LogP contribution in [0.5, 0.6) is 0 Å². The van der Waals surface area contributed by atoms with Crippen molar-refractivity contribution < 1.29 is 0 Å². The highest BCUT2D eigenvalue weighted by molar-refractivity contribution is 6.04. The lowest BCUT2D eigenvalue weighted by atomic mass is 10.0. The van der Waals surface area contributed by atoms with E-state index in [1.807, 2.05) is 42.5 Å². The number of benzene rings is 5. The smallest absolute Gasteiger partial charge is 0.160 e. The van der Waals surface area contributed by atoms with Crippen LogP contribution in [0.25, 0.3) is 88.8 Å². The molecule has 0 aliphatic rings. The second-order valence-electron chi connectivity index (χ2n) is 11.4. The van der Waals surface area contributed by atoms with Gasteiger partial charge in [0.2, 0.25) is 0 Å². The average molecular weight is 588 g/mol. The number of para-hydroxylation sites is 1. The molecular formula is C41H25N5. The lowest BCUT2D eigenvalue weighted by molar-refractivity contribution is 1.23. The molecule has 0 N–H and O–H groups in total. The Hall–Kier alpha value is -6.33. The van der Waals surface area contributed by atoms with Crippen LogP contribution in [0.3, 0.4) is 0 Å². The summed E-state index contributed by atoms with van der Waals surface area (Å²) >= 11 is 0. The van der Waals surface area contributed by atoms with E-state index < -0.39 is 0 Å². The van der Waals surface area contributed by atoms with Gasteiger partial charge in [0.05, 0.1) is 39.3 Å². The maximum atomic E-state index is 5.16. The summed E-state index contributed by atoms with van der Waals surface area (Å²) in [6.07, 6.45) is 1.79. The molecule has 46 heavy (non-hydrogen) atoms. The SMILES string of the molecule is c1ccc(-c2ccc3ccc4ccc(-c5cccc(-c6nc(-c7ccc8ccccc8c7)c7ccccc7n6)c5)nc4c3n2)nc1. The predicted molar refractivity (Wildman–Crippen MR) is 187 cm³/mol. The highest BCUT2D eigenvalue weighted by atomic mass is 14.9. The molecule has 0 unspecified atom stereocenters. The molecular weight excluding hydrogens is 562 g/mol. The van der Waals surface area contributed by atoms with E-state index in [-0.39, 0.29) is 0 Å². The van der Waals surface area contributed by atoms with E-state index in [0.29, 0.717) is 5.82 Å². The third-order valence-corrected chi connectivity index (χ3v) is 8.49. The van der Waals surface area contributed by atoms with E-state index in [4.69, 9.17) is 19.9 Å². The van der Waals surface area contributed by atoms with E-state index in [9.17, 15) is 0 Å². The van der Waals surface area contributed by atoms with Crippen molar-refractivity contribution in [1.82, 2.24) is 24.9 Å². The van der Waals surface area contributed by atoms with Gasteiger partial charge in [0.15, 0.2) is 5.82 Å². The monoisotopic (exact) mass is 587 g/mol. The molecule has 0 amide bonds. The van der Waals surface area contributed by atoms with Crippen molar-refractivity contribution in [3.05, 3.63) is 152 Å². The van der Waals surface area contributed by atoms with Crippen LogP contribution in [-0.4, -0.2) is 24.9 Å².